The minimum atomic E-state index is 0.424. The van der Waals surface area contributed by atoms with Crippen LogP contribution in [-0.4, -0.2) is 13.7 Å². The molecule has 1 aromatic carbocycles. The highest BCUT2D eigenvalue weighted by atomic mass is 79.9. The number of hydrogen-bond acceptors (Lipinski definition) is 4. The van der Waals surface area contributed by atoms with Crippen molar-refractivity contribution in [3.8, 4) is 23.5 Å². The van der Waals surface area contributed by atoms with E-state index in [1.165, 1.54) is 32.1 Å². The first-order valence-electron chi connectivity index (χ1n) is 7.29. The zero-order chi connectivity index (χ0) is 15.5. The largest absolute Gasteiger partial charge is 0.493 e. The molecule has 21 heavy (non-hydrogen) atoms. The number of halogens is 1. The number of methoxy groups -OCH3 is 1. The lowest BCUT2D eigenvalue weighted by atomic mass is 10.1. The summed E-state index contributed by atoms with van der Waals surface area (Å²) in [6.45, 7) is 2.87. The molecule has 0 unspecified atom stereocenters. The van der Waals surface area contributed by atoms with Gasteiger partial charge in [-0.3, -0.25) is 0 Å². The van der Waals surface area contributed by atoms with Gasteiger partial charge in [0, 0.05) is 12.1 Å². The summed E-state index contributed by atoms with van der Waals surface area (Å²) in [6, 6.07) is 3.34. The minimum Gasteiger partial charge on any atom is -0.493 e. The van der Waals surface area contributed by atoms with Crippen molar-refractivity contribution in [2.45, 2.75) is 45.4 Å². The predicted octanol–water partition coefficient (Wildman–Crippen LogP) is 5.06. The second kappa shape index (κ2) is 10.3. The van der Waals surface area contributed by atoms with E-state index in [-0.39, 0.29) is 0 Å². The molecule has 5 heteroatoms. The van der Waals surface area contributed by atoms with Gasteiger partial charge in [0.05, 0.1) is 18.2 Å². The molecule has 0 spiro atoms. The smallest absolute Gasteiger partial charge is 0.292 e. The number of unbranched alkanes of at least 4 members (excludes halogenated alkanes) is 5. The van der Waals surface area contributed by atoms with Crippen molar-refractivity contribution in [2.24, 2.45) is 0 Å². The van der Waals surface area contributed by atoms with Gasteiger partial charge < -0.3 is 14.2 Å². The zero-order valence-electron chi connectivity index (χ0n) is 12.7. The van der Waals surface area contributed by atoms with E-state index in [2.05, 4.69) is 22.9 Å². The molecule has 0 radical (unpaired) electrons. The second-order valence-electron chi connectivity index (χ2n) is 4.75. The first-order chi connectivity index (χ1) is 10.2. The summed E-state index contributed by atoms with van der Waals surface area (Å²) >= 11 is 3.42. The number of rotatable bonds is 10. The summed E-state index contributed by atoms with van der Waals surface area (Å²) in [5.41, 5.74) is 0. The summed E-state index contributed by atoms with van der Waals surface area (Å²) in [5.74, 6) is 1.63. The van der Waals surface area contributed by atoms with Crippen molar-refractivity contribution in [2.75, 3.05) is 13.7 Å². The summed E-state index contributed by atoms with van der Waals surface area (Å²) in [6.07, 6.45) is 8.96. The number of benzene rings is 1. The predicted molar refractivity (Wildman–Crippen MR) is 85.8 cm³/mol. The molecule has 0 saturated heterocycles. The lowest BCUT2D eigenvalue weighted by molar-refractivity contribution is 0.282. The van der Waals surface area contributed by atoms with Gasteiger partial charge in [-0.05, 0) is 22.4 Å². The van der Waals surface area contributed by atoms with E-state index < -0.39 is 0 Å². The highest BCUT2D eigenvalue weighted by Crippen LogP contribution is 2.39. The van der Waals surface area contributed by atoms with Gasteiger partial charge in [0.1, 0.15) is 5.75 Å². The number of hydrogen-bond donors (Lipinski definition) is 0. The summed E-state index contributed by atoms with van der Waals surface area (Å²) in [5, 5.41) is 8.55. The molecule has 1 rings (SSSR count). The SMILES string of the molecule is CCCCCCCCOc1c(Br)cc(OC#N)cc1OC. The molecule has 0 fully saturated rings. The molecular weight excluding hydrogens is 334 g/mol. The fraction of sp³-hybridized carbons (Fsp3) is 0.562. The van der Waals surface area contributed by atoms with Gasteiger partial charge in [-0.1, -0.05) is 39.0 Å². The maximum absolute atomic E-state index is 8.55. The summed E-state index contributed by atoms with van der Waals surface area (Å²) < 4.78 is 16.6. The van der Waals surface area contributed by atoms with Crippen LogP contribution in [-0.2, 0) is 0 Å². The third-order valence-electron chi connectivity index (χ3n) is 3.11. The summed E-state index contributed by atoms with van der Waals surface area (Å²) in [7, 11) is 1.57. The first-order valence-corrected chi connectivity index (χ1v) is 8.08. The maximum Gasteiger partial charge on any atom is 0.292 e. The van der Waals surface area contributed by atoms with Crippen LogP contribution in [0, 0.1) is 11.5 Å². The van der Waals surface area contributed by atoms with Gasteiger partial charge in [-0.25, -0.2) is 0 Å². The Morgan fingerprint density at radius 1 is 1.14 bits per heavy atom. The Bertz CT molecular complexity index is 471. The van der Waals surface area contributed by atoms with Crippen LogP contribution < -0.4 is 14.2 Å². The zero-order valence-corrected chi connectivity index (χ0v) is 14.2. The highest BCUT2D eigenvalue weighted by Gasteiger charge is 2.12. The molecule has 0 heterocycles. The fourth-order valence-electron chi connectivity index (χ4n) is 2.00. The maximum atomic E-state index is 8.55. The Morgan fingerprint density at radius 2 is 1.86 bits per heavy atom. The van der Waals surface area contributed by atoms with Crippen molar-refractivity contribution in [3.63, 3.8) is 0 Å². The number of nitrogens with zero attached hydrogens (tertiary/aromatic N) is 1. The Hall–Kier alpha value is -1.41. The lowest BCUT2D eigenvalue weighted by Gasteiger charge is -2.13. The van der Waals surface area contributed by atoms with Crippen LogP contribution in [0.4, 0.5) is 0 Å². The van der Waals surface area contributed by atoms with Crippen molar-refractivity contribution in [1.29, 1.82) is 5.26 Å². The van der Waals surface area contributed by atoms with Crippen LogP contribution in [0.1, 0.15) is 45.4 Å². The van der Waals surface area contributed by atoms with Crippen LogP contribution in [0.2, 0.25) is 0 Å². The average Bonchev–Trinajstić information content (AvgIpc) is 2.48. The van der Waals surface area contributed by atoms with E-state index in [9.17, 15) is 0 Å². The van der Waals surface area contributed by atoms with E-state index in [0.29, 0.717) is 23.9 Å². The Morgan fingerprint density at radius 3 is 2.52 bits per heavy atom. The molecule has 0 amide bonds. The van der Waals surface area contributed by atoms with Crippen molar-refractivity contribution >= 4 is 15.9 Å². The molecule has 0 saturated carbocycles. The number of ether oxygens (including phenoxy) is 3. The van der Waals surface area contributed by atoms with E-state index in [4.69, 9.17) is 19.5 Å². The van der Waals surface area contributed by atoms with Gasteiger partial charge in [-0.15, -0.1) is 5.26 Å². The molecule has 0 aliphatic heterocycles. The standard InChI is InChI=1S/C16H22BrNO3/c1-3-4-5-6-7-8-9-20-16-14(17)10-13(21-12-18)11-15(16)19-2/h10-11H,3-9H2,1-2H3. The highest BCUT2D eigenvalue weighted by molar-refractivity contribution is 9.10. The molecule has 0 bridgehead atoms. The number of nitriles is 1. The minimum absolute atomic E-state index is 0.424. The molecule has 1 aromatic rings. The van der Waals surface area contributed by atoms with Gasteiger partial charge in [0.15, 0.2) is 11.5 Å². The topological polar surface area (TPSA) is 51.5 Å². The van der Waals surface area contributed by atoms with Gasteiger partial charge in [-0.2, -0.15) is 0 Å². The quantitative estimate of drug-likeness (QED) is 0.434. The monoisotopic (exact) mass is 355 g/mol. The van der Waals surface area contributed by atoms with Crippen LogP contribution in [0.5, 0.6) is 17.2 Å². The van der Waals surface area contributed by atoms with Gasteiger partial charge in [0.25, 0.3) is 6.26 Å². The third kappa shape index (κ3) is 6.26. The van der Waals surface area contributed by atoms with Crippen LogP contribution in [0.25, 0.3) is 0 Å². The van der Waals surface area contributed by atoms with Gasteiger partial charge >= 0.3 is 0 Å². The average molecular weight is 356 g/mol. The van der Waals surface area contributed by atoms with E-state index in [1.54, 1.807) is 25.5 Å². The van der Waals surface area contributed by atoms with Crippen molar-refractivity contribution in [3.05, 3.63) is 16.6 Å². The second-order valence-corrected chi connectivity index (χ2v) is 5.60. The van der Waals surface area contributed by atoms with Crippen LogP contribution >= 0.6 is 15.9 Å². The summed E-state index contributed by atoms with van der Waals surface area (Å²) in [4.78, 5) is 0. The molecule has 0 atom stereocenters. The van der Waals surface area contributed by atoms with E-state index in [1.807, 2.05) is 0 Å². The van der Waals surface area contributed by atoms with Crippen molar-refractivity contribution in [1.82, 2.24) is 0 Å². The Balaban J connectivity index is 2.49. The van der Waals surface area contributed by atoms with Gasteiger partial charge in [0.2, 0.25) is 0 Å². The molecule has 116 valence electrons. The molecule has 0 aliphatic carbocycles. The molecule has 4 nitrogen and oxygen atoms in total. The molecule has 0 N–H and O–H groups in total. The molecular formula is C16H22BrNO3. The molecule has 0 aliphatic rings. The lowest BCUT2D eigenvalue weighted by Crippen LogP contribution is -2.00. The third-order valence-corrected chi connectivity index (χ3v) is 3.70. The molecule has 0 aromatic heterocycles. The first kappa shape index (κ1) is 17.6. The van der Waals surface area contributed by atoms with Crippen LogP contribution in [0.3, 0.4) is 0 Å². The Labute approximate surface area is 135 Å². The van der Waals surface area contributed by atoms with Crippen molar-refractivity contribution < 1.29 is 14.2 Å². The normalized spacial score (nSPS) is 10.0. The van der Waals surface area contributed by atoms with E-state index in [0.717, 1.165) is 10.9 Å². The fourth-order valence-corrected chi connectivity index (χ4v) is 2.54. The Kier molecular flexibility index (Phi) is 8.68. The van der Waals surface area contributed by atoms with E-state index >= 15 is 0 Å². The van der Waals surface area contributed by atoms with Crippen LogP contribution in [0.15, 0.2) is 16.6 Å².